The van der Waals surface area contributed by atoms with Crippen LogP contribution in [0.25, 0.3) is 0 Å². The summed E-state index contributed by atoms with van der Waals surface area (Å²) in [5, 5.41) is 0.609. The van der Waals surface area contributed by atoms with Crippen molar-refractivity contribution in [2.75, 3.05) is 21.3 Å². The maximum absolute atomic E-state index is 5.86. The second-order valence-corrected chi connectivity index (χ2v) is 3.12. The van der Waals surface area contributed by atoms with Gasteiger partial charge in [-0.2, -0.15) is 0 Å². The predicted octanol–water partition coefficient (Wildman–Crippen LogP) is 2.39. The smallest absolute Gasteiger partial charge is 0.311 e. The Hall–Kier alpha value is -0.610. The second kappa shape index (κ2) is 4.75. The minimum absolute atomic E-state index is 0.609. The molecule has 14 heavy (non-hydrogen) atoms. The van der Waals surface area contributed by atoms with Gasteiger partial charge in [0.1, 0.15) is 0 Å². The van der Waals surface area contributed by atoms with Crippen molar-refractivity contribution in [2.24, 2.45) is 0 Å². The van der Waals surface area contributed by atoms with Crippen LogP contribution in [-0.2, 0) is 20.2 Å². The first kappa shape index (κ1) is 11.5. The number of ether oxygens (including phenoxy) is 3. The van der Waals surface area contributed by atoms with E-state index >= 15 is 0 Å². The zero-order valence-corrected chi connectivity index (χ0v) is 9.17. The lowest BCUT2D eigenvalue weighted by molar-refractivity contribution is -0.364. The summed E-state index contributed by atoms with van der Waals surface area (Å²) in [7, 11) is 4.52. The molecule has 1 aromatic rings. The number of methoxy groups -OCH3 is 3. The molecule has 0 bridgehead atoms. The van der Waals surface area contributed by atoms with Gasteiger partial charge in [0.15, 0.2) is 0 Å². The van der Waals surface area contributed by atoms with Crippen molar-refractivity contribution >= 4 is 11.6 Å². The molecule has 1 rings (SSSR count). The molecule has 0 spiro atoms. The van der Waals surface area contributed by atoms with Crippen molar-refractivity contribution < 1.29 is 14.2 Å². The van der Waals surface area contributed by atoms with Gasteiger partial charge in [-0.15, -0.1) is 0 Å². The lowest BCUT2D eigenvalue weighted by atomic mass is 10.2. The molecule has 3 nitrogen and oxygen atoms in total. The predicted molar refractivity (Wildman–Crippen MR) is 54.2 cm³/mol. The summed E-state index contributed by atoms with van der Waals surface area (Å²) in [6.07, 6.45) is 0. The van der Waals surface area contributed by atoms with Crippen LogP contribution in [0.3, 0.4) is 0 Å². The molecule has 0 fully saturated rings. The quantitative estimate of drug-likeness (QED) is 0.724. The van der Waals surface area contributed by atoms with Gasteiger partial charge >= 0.3 is 5.97 Å². The summed E-state index contributed by atoms with van der Waals surface area (Å²) in [5.74, 6) is -1.18. The SMILES string of the molecule is COC(OC)(OC)c1cccc(Cl)c1. The van der Waals surface area contributed by atoms with E-state index in [1.165, 1.54) is 21.3 Å². The van der Waals surface area contributed by atoms with E-state index in [2.05, 4.69) is 0 Å². The normalized spacial score (nSPS) is 11.7. The average molecular weight is 217 g/mol. The van der Waals surface area contributed by atoms with E-state index in [0.29, 0.717) is 5.02 Å². The van der Waals surface area contributed by atoms with Crippen molar-refractivity contribution in [3.8, 4) is 0 Å². The maximum Gasteiger partial charge on any atom is 0.311 e. The highest BCUT2D eigenvalue weighted by atomic mass is 35.5. The third-order valence-corrected chi connectivity index (χ3v) is 2.22. The summed E-state index contributed by atoms with van der Waals surface area (Å²) in [6.45, 7) is 0. The highest BCUT2D eigenvalue weighted by Crippen LogP contribution is 2.28. The van der Waals surface area contributed by atoms with Gasteiger partial charge in [-0.05, 0) is 12.1 Å². The topological polar surface area (TPSA) is 27.7 Å². The first-order chi connectivity index (χ1) is 6.68. The minimum atomic E-state index is -1.18. The van der Waals surface area contributed by atoms with Gasteiger partial charge in [-0.25, -0.2) is 0 Å². The molecular weight excluding hydrogens is 204 g/mol. The van der Waals surface area contributed by atoms with E-state index in [1.54, 1.807) is 12.1 Å². The number of rotatable bonds is 4. The van der Waals surface area contributed by atoms with Crippen molar-refractivity contribution in [3.63, 3.8) is 0 Å². The Morgan fingerprint density at radius 3 is 2.07 bits per heavy atom. The molecule has 0 aromatic heterocycles. The molecule has 0 aliphatic heterocycles. The third-order valence-electron chi connectivity index (χ3n) is 1.98. The van der Waals surface area contributed by atoms with E-state index in [9.17, 15) is 0 Å². The van der Waals surface area contributed by atoms with Crippen LogP contribution in [0, 0.1) is 0 Å². The molecule has 0 saturated carbocycles. The number of hydrogen-bond donors (Lipinski definition) is 0. The fraction of sp³-hybridized carbons (Fsp3) is 0.400. The zero-order chi connectivity index (χ0) is 10.6. The van der Waals surface area contributed by atoms with E-state index in [0.717, 1.165) is 5.56 Å². The summed E-state index contributed by atoms with van der Waals surface area (Å²) < 4.78 is 15.5. The number of halogens is 1. The fourth-order valence-corrected chi connectivity index (χ4v) is 1.47. The lowest BCUT2D eigenvalue weighted by Gasteiger charge is -2.28. The van der Waals surface area contributed by atoms with Gasteiger partial charge < -0.3 is 14.2 Å². The largest absolute Gasteiger partial charge is 0.327 e. The molecule has 78 valence electrons. The standard InChI is InChI=1S/C10H13ClO3/c1-12-10(13-2,14-3)8-5-4-6-9(11)7-8/h4-7H,1-3H3. The fourth-order valence-electron chi connectivity index (χ4n) is 1.28. The van der Waals surface area contributed by atoms with Crippen molar-refractivity contribution in [3.05, 3.63) is 34.9 Å². The summed E-state index contributed by atoms with van der Waals surface area (Å²) in [5.41, 5.74) is 0.720. The first-order valence-corrected chi connectivity index (χ1v) is 4.48. The molecule has 0 aliphatic carbocycles. The van der Waals surface area contributed by atoms with Crippen molar-refractivity contribution in [1.82, 2.24) is 0 Å². The number of benzene rings is 1. The molecule has 0 heterocycles. The minimum Gasteiger partial charge on any atom is -0.327 e. The van der Waals surface area contributed by atoms with Crippen LogP contribution in [0.4, 0.5) is 0 Å². The highest BCUT2D eigenvalue weighted by Gasteiger charge is 2.32. The monoisotopic (exact) mass is 216 g/mol. The molecule has 0 aliphatic rings. The molecule has 0 radical (unpaired) electrons. The summed E-state index contributed by atoms with van der Waals surface area (Å²) in [6, 6.07) is 7.14. The van der Waals surface area contributed by atoms with Crippen LogP contribution in [0.1, 0.15) is 5.56 Å². The van der Waals surface area contributed by atoms with Gasteiger partial charge in [-0.3, -0.25) is 0 Å². The molecular formula is C10H13ClO3. The van der Waals surface area contributed by atoms with Crippen LogP contribution in [0.2, 0.25) is 5.02 Å². The Balaban J connectivity index is 3.10. The van der Waals surface area contributed by atoms with Crippen LogP contribution in [-0.4, -0.2) is 21.3 Å². The Morgan fingerprint density at radius 1 is 1.07 bits per heavy atom. The molecule has 0 N–H and O–H groups in total. The molecule has 4 heteroatoms. The van der Waals surface area contributed by atoms with Gasteiger partial charge in [0.05, 0.1) is 0 Å². The summed E-state index contributed by atoms with van der Waals surface area (Å²) in [4.78, 5) is 0. The van der Waals surface area contributed by atoms with Crippen molar-refractivity contribution in [2.45, 2.75) is 5.97 Å². The molecule has 0 unspecified atom stereocenters. The van der Waals surface area contributed by atoms with Crippen LogP contribution in [0.5, 0.6) is 0 Å². The zero-order valence-electron chi connectivity index (χ0n) is 8.41. The Bertz CT molecular complexity index is 289. The van der Waals surface area contributed by atoms with E-state index in [1.807, 2.05) is 12.1 Å². The number of hydrogen-bond acceptors (Lipinski definition) is 3. The third kappa shape index (κ3) is 2.07. The molecule has 0 atom stereocenters. The van der Waals surface area contributed by atoms with Gasteiger partial charge in [0, 0.05) is 31.9 Å². The average Bonchev–Trinajstić information content (AvgIpc) is 2.22. The summed E-state index contributed by atoms with van der Waals surface area (Å²) >= 11 is 5.86. The van der Waals surface area contributed by atoms with E-state index in [-0.39, 0.29) is 0 Å². The van der Waals surface area contributed by atoms with Crippen LogP contribution < -0.4 is 0 Å². The van der Waals surface area contributed by atoms with E-state index < -0.39 is 5.97 Å². The first-order valence-electron chi connectivity index (χ1n) is 4.10. The lowest BCUT2D eigenvalue weighted by Crippen LogP contribution is -2.32. The van der Waals surface area contributed by atoms with E-state index in [4.69, 9.17) is 25.8 Å². The molecule has 0 amide bonds. The van der Waals surface area contributed by atoms with Crippen LogP contribution in [0.15, 0.2) is 24.3 Å². The second-order valence-electron chi connectivity index (χ2n) is 2.68. The van der Waals surface area contributed by atoms with Gasteiger partial charge in [0.2, 0.25) is 0 Å². The maximum atomic E-state index is 5.86. The highest BCUT2D eigenvalue weighted by molar-refractivity contribution is 6.30. The Morgan fingerprint density at radius 2 is 1.64 bits per heavy atom. The van der Waals surface area contributed by atoms with Gasteiger partial charge in [-0.1, -0.05) is 23.7 Å². The molecule has 0 saturated heterocycles. The van der Waals surface area contributed by atoms with Crippen LogP contribution >= 0.6 is 11.6 Å². The Kier molecular flexibility index (Phi) is 3.89. The Labute approximate surface area is 88.5 Å². The molecule has 1 aromatic carbocycles. The van der Waals surface area contributed by atoms with Crippen molar-refractivity contribution in [1.29, 1.82) is 0 Å². The van der Waals surface area contributed by atoms with Gasteiger partial charge in [0.25, 0.3) is 0 Å².